The summed E-state index contributed by atoms with van der Waals surface area (Å²) in [6.45, 7) is 7.43. The van der Waals surface area contributed by atoms with Crippen molar-refractivity contribution in [1.82, 2.24) is 0 Å². The third-order valence-corrected chi connectivity index (χ3v) is 3.58. The lowest BCUT2D eigenvalue weighted by atomic mass is 10.1. The number of amides is 1. The number of ether oxygens (including phenoxy) is 1. The van der Waals surface area contributed by atoms with Crippen LogP contribution in [0.2, 0.25) is 10.0 Å². The Bertz CT molecular complexity index is 546. The largest absolute Gasteiger partial charge is 0.464 e. The van der Waals surface area contributed by atoms with Gasteiger partial charge in [0.05, 0.1) is 17.3 Å². The van der Waals surface area contributed by atoms with Crippen LogP contribution in [0.15, 0.2) is 18.2 Å². The van der Waals surface area contributed by atoms with Gasteiger partial charge in [0.15, 0.2) is 0 Å². The van der Waals surface area contributed by atoms with Crippen molar-refractivity contribution in [2.45, 2.75) is 40.2 Å². The second kappa shape index (κ2) is 8.39. The van der Waals surface area contributed by atoms with Gasteiger partial charge >= 0.3 is 5.97 Å². The molecule has 122 valence electrons. The number of esters is 1. The zero-order chi connectivity index (χ0) is 16.9. The lowest BCUT2D eigenvalue weighted by Gasteiger charge is -2.29. The van der Waals surface area contributed by atoms with Gasteiger partial charge < -0.3 is 4.74 Å². The second-order valence-corrected chi connectivity index (χ2v) is 6.28. The third-order valence-electron chi connectivity index (χ3n) is 3.04. The molecule has 0 fully saturated rings. The van der Waals surface area contributed by atoms with Crippen molar-refractivity contribution >= 4 is 40.8 Å². The molecule has 0 radical (unpaired) electrons. The molecule has 1 atom stereocenters. The molecule has 0 spiro atoms. The van der Waals surface area contributed by atoms with Crippen LogP contribution in [0.5, 0.6) is 0 Å². The van der Waals surface area contributed by atoms with Gasteiger partial charge in [-0.05, 0) is 30.5 Å². The Morgan fingerprint density at radius 1 is 1.27 bits per heavy atom. The zero-order valence-electron chi connectivity index (χ0n) is 13.2. The second-order valence-electron chi connectivity index (χ2n) is 5.43. The van der Waals surface area contributed by atoms with Crippen LogP contribution >= 0.6 is 23.2 Å². The van der Waals surface area contributed by atoms with Gasteiger partial charge in [-0.3, -0.25) is 9.69 Å². The number of halogens is 2. The molecule has 0 aliphatic heterocycles. The quantitative estimate of drug-likeness (QED) is 0.721. The maximum absolute atomic E-state index is 12.3. The maximum atomic E-state index is 12.3. The first-order chi connectivity index (χ1) is 10.3. The van der Waals surface area contributed by atoms with Gasteiger partial charge in [0.1, 0.15) is 6.04 Å². The van der Waals surface area contributed by atoms with Gasteiger partial charge in [0.2, 0.25) is 5.91 Å². The minimum Gasteiger partial charge on any atom is -0.464 e. The first-order valence-corrected chi connectivity index (χ1v) is 7.95. The number of hydrogen-bond donors (Lipinski definition) is 0. The van der Waals surface area contributed by atoms with Crippen LogP contribution < -0.4 is 4.90 Å². The summed E-state index contributed by atoms with van der Waals surface area (Å²) >= 11 is 12.1. The molecule has 1 amide bonds. The van der Waals surface area contributed by atoms with E-state index in [0.29, 0.717) is 28.8 Å². The van der Waals surface area contributed by atoms with Gasteiger partial charge in [-0.2, -0.15) is 0 Å². The van der Waals surface area contributed by atoms with Crippen LogP contribution in [0.1, 0.15) is 34.1 Å². The first-order valence-electron chi connectivity index (χ1n) is 7.19. The van der Waals surface area contributed by atoms with Crippen LogP contribution in [0.4, 0.5) is 5.69 Å². The van der Waals surface area contributed by atoms with E-state index >= 15 is 0 Å². The van der Waals surface area contributed by atoms with Gasteiger partial charge in [0.25, 0.3) is 0 Å². The van der Waals surface area contributed by atoms with Crippen LogP contribution in [0.3, 0.4) is 0 Å². The van der Waals surface area contributed by atoms with E-state index in [9.17, 15) is 9.59 Å². The van der Waals surface area contributed by atoms with E-state index in [1.54, 1.807) is 18.2 Å². The number of rotatable bonds is 6. The van der Waals surface area contributed by atoms with Gasteiger partial charge in [-0.1, -0.05) is 44.0 Å². The molecule has 1 aromatic rings. The summed E-state index contributed by atoms with van der Waals surface area (Å²) in [7, 11) is 0. The summed E-state index contributed by atoms with van der Waals surface area (Å²) in [5.41, 5.74) is 0.451. The van der Waals surface area contributed by atoms with Crippen LogP contribution in [-0.2, 0) is 14.3 Å². The van der Waals surface area contributed by atoms with Crippen LogP contribution in [0, 0.1) is 5.92 Å². The molecule has 22 heavy (non-hydrogen) atoms. The Balaban J connectivity index is 3.11. The third kappa shape index (κ3) is 4.89. The van der Waals surface area contributed by atoms with E-state index in [4.69, 9.17) is 27.9 Å². The smallest absolute Gasteiger partial charge is 0.329 e. The zero-order valence-corrected chi connectivity index (χ0v) is 14.7. The molecule has 0 heterocycles. The molecule has 1 rings (SSSR count). The molecule has 6 heteroatoms. The standard InChI is InChI=1S/C16H21Cl2NO3/c1-5-14(16(21)22-9-10(2)3)19(11(4)20)15-7-6-12(17)8-13(15)18/h6-8,10,14H,5,9H2,1-4H3. The average molecular weight is 346 g/mol. The maximum Gasteiger partial charge on any atom is 0.329 e. The molecule has 0 aliphatic carbocycles. The van der Waals surface area contributed by atoms with Crippen molar-refractivity contribution in [3.05, 3.63) is 28.2 Å². The molecule has 0 aliphatic rings. The SMILES string of the molecule is CCC(C(=O)OCC(C)C)N(C(C)=O)c1ccc(Cl)cc1Cl. The van der Waals surface area contributed by atoms with Crippen molar-refractivity contribution in [1.29, 1.82) is 0 Å². The molecule has 0 saturated carbocycles. The summed E-state index contributed by atoms with van der Waals surface area (Å²) < 4.78 is 5.27. The highest BCUT2D eigenvalue weighted by Crippen LogP contribution is 2.31. The average Bonchev–Trinajstić information content (AvgIpc) is 2.42. The highest BCUT2D eigenvalue weighted by atomic mass is 35.5. The Morgan fingerprint density at radius 3 is 2.36 bits per heavy atom. The molecule has 4 nitrogen and oxygen atoms in total. The highest BCUT2D eigenvalue weighted by Gasteiger charge is 2.30. The fourth-order valence-electron chi connectivity index (χ4n) is 2.03. The summed E-state index contributed by atoms with van der Waals surface area (Å²) in [4.78, 5) is 25.7. The van der Waals surface area contributed by atoms with Gasteiger partial charge in [-0.25, -0.2) is 4.79 Å². The molecule has 0 N–H and O–H groups in total. The number of anilines is 1. The predicted molar refractivity (Wildman–Crippen MR) is 89.5 cm³/mol. The van der Waals surface area contributed by atoms with Crippen molar-refractivity contribution in [2.75, 3.05) is 11.5 Å². The van der Waals surface area contributed by atoms with E-state index in [-0.39, 0.29) is 11.8 Å². The summed E-state index contributed by atoms with van der Waals surface area (Å²) in [6, 6.07) is 4.09. The molecule has 0 saturated heterocycles. The monoisotopic (exact) mass is 345 g/mol. The molecule has 1 aromatic carbocycles. The fourth-order valence-corrected chi connectivity index (χ4v) is 2.53. The Labute approximate surface area is 141 Å². The number of nitrogens with zero attached hydrogens (tertiary/aromatic N) is 1. The van der Waals surface area contributed by atoms with Crippen molar-refractivity contribution < 1.29 is 14.3 Å². The molecule has 1 unspecified atom stereocenters. The summed E-state index contributed by atoms with van der Waals surface area (Å²) in [5.74, 6) is -0.485. The Morgan fingerprint density at radius 2 is 1.91 bits per heavy atom. The van der Waals surface area contributed by atoms with E-state index < -0.39 is 12.0 Å². The number of carbonyl (C=O) groups excluding carboxylic acids is 2. The summed E-state index contributed by atoms with van der Waals surface area (Å²) in [6.07, 6.45) is 0.426. The first kappa shape index (κ1) is 18.8. The molecule has 0 bridgehead atoms. The van der Waals surface area contributed by atoms with Crippen molar-refractivity contribution in [2.24, 2.45) is 5.92 Å². The van der Waals surface area contributed by atoms with E-state index in [1.807, 2.05) is 20.8 Å². The van der Waals surface area contributed by atoms with Crippen LogP contribution in [-0.4, -0.2) is 24.5 Å². The Kier molecular flexibility index (Phi) is 7.17. The van der Waals surface area contributed by atoms with Gasteiger partial charge in [-0.15, -0.1) is 0 Å². The lowest BCUT2D eigenvalue weighted by molar-refractivity contribution is -0.147. The van der Waals surface area contributed by atoms with E-state index in [0.717, 1.165) is 0 Å². The summed E-state index contributed by atoms with van der Waals surface area (Å²) in [5, 5.41) is 0.783. The number of hydrogen-bond acceptors (Lipinski definition) is 3. The van der Waals surface area contributed by atoms with Crippen LogP contribution in [0.25, 0.3) is 0 Å². The lowest BCUT2D eigenvalue weighted by Crippen LogP contribution is -2.45. The molecular weight excluding hydrogens is 325 g/mol. The Hall–Kier alpha value is -1.26. The topological polar surface area (TPSA) is 46.6 Å². The normalized spacial score (nSPS) is 12.1. The van der Waals surface area contributed by atoms with E-state index in [2.05, 4.69) is 0 Å². The minimum atomic E-state index is -0.713. The van der Waals surface area contributed by atoms with Crippen molar-refractivity contribution in [3.8, 4) is 0 Å². The highest BCUT2D eigenvalue weighted by molar-refractivity contribution is 6.36. The van der Waals surface area contributed by atoms with Gasteiger partial charge in [0, 0.05) is 11.9 Å². The number of carbonyl (C=O) groups is 2. The molecule has 0 aromatic heterocycles. The van der Waals surface area contributed by atoms with Crippen molar-refractivity contribution in [3.63, 3.8) is 0 Å². The fraction of sp³-hybridized carbons (Fsp3) is 0.500. The minimum absolute atomic E-state index is 0.228. The number of benzene rings is 1. The van der Waals surface area contributed by atoms with E-state index in [1.165, 1.54) is 11.8 Å². The molecular formula is C16H21Cl2NO3. The predicted octanol–water partition coefficient (Wildman–Crippen LogP) is 4.32.